The number of phosphoric acid groups is 4. The zero-order valence-electron chi connectivity index (χ0n) is 68.0. The Morgan fingerprint density at radius 2 is 0.767 bits per heavy atom. The molecule has 16 rings (SSSR count). The number of para-hydroxylation sites is 4. The second-order valence-electron chi connectivity index (χ2n) is 27.0. The molecule has 0 bridgehead atoms. The number of benzene rings is 4. The zero-order valence-corrected chi connectivity index (χ0v) is 68.8. The Morgan fingerprint density at radius 1 is 0.467 bits per heavy atom. The molecule has 9 aliphatic heterocycles. The van der Waals surface area contributed by atoms with Crippen molar-refractivity contribution in [3.63, 3.8) is 0 Å². The third kappa shape index (κ3) is 18.9. The van der Waals surface area contributed by atoms with Crippen LogP contribution in [0, 0.1) is 34.7 Å². The van der Waals surface area contributed by atoms with Crippen molar-refractivity contribution in [2.75, 3.05) is 26.3 Å². The maximum Gasteiger partial charge on any atom is 0.530 e. The average molecular weight is 1850 g/mol. The molecule has 0 aliphatic carbocycles. The number of aromatic amines is 3. The van der Waals surface area contributed by atoms with Gasteiger partial charge in [0.25, 0.3) is 23.4 Å². The number of phosphoric ester groups is 4. The van der Waals surface area contributed by atoms with E-state index in [1.165, 1.54) is 44.4 Å². The van der Waals surface area contributed by atoms with E-state index in [2.05, 4.69) is 26.8 Å². The number of aryl methyl sites for hydroxylation is 3. The number of ether oxygens (including phenoxy) is 4. The van der Waals surface area contributed by atoms with Crippen LogP contribution in [0.15, 0.2) is 154 Å². The van der Waals surface area contributed by atoms with Crippen molar-refractivity contribution >= 4 is 85.2 Å². The predicted molar refractivity (Wildman–Crippen MR) is 413 cm³/mol. The summed E-state index contributed by atoms with van der Waals surface area (Å²) in [7, 11) is -17.9. The molecule has 0 radical (unpaired) electrons. The first-order valence-electron chi connectivity index (χ1n) is 37.9. The van der Waals surface area contributed by atoms with Gasteiger partial charge in [-0.15, -0.1) is 0 Å². The van der Waals surface area contributed by atoms with Crippen molar-refractivity contribution in [3.05, 3.63) is 224 Å². The van der Waals surface area contributed by atoms with Gasteiger partial charge in [-0.25, -0.2) is 50.2 Å². The molecule has 4 fully saturated rings. The summed E-state index contributed by atoms with van der Waals surface area (Å²) in [5.74, 6) is -13.3. The van der Waals surface area contributed by atoms with Gasteiger partial charge in [-0.2, -0.15) is 0 Å². The minimum Gasteiger partial charge on any atom is -0.404 e. The Labute approximate surface area is 703 Å². The molecule has 9 aliphatic rings. The summed E-state index contributed by atoms with van der Waals surface area (Å²) in [6.45, 7) is -0.600. The molecule has 51 heteroatoms. The molecule has 12 heterocycles. The van der Waals surface area contributed by atoms with Crippen LogP contribution in [0.5, 0.6) is 23.0 Å². The summed E-state index contributed by atoms with van der Waals surface area (Å²) >= 11 is 19.9. The van der Waals surface area contributed by atoms with Gasteiger partial charge in [-0.05, 0) is 52.0 Å². The van der Waals surface area contributed by atoms with E-state index in [0.29, 0.717) is 53.7 Å². The quantitative estimate of drug-likeness (QED) is 0.0251. The summed E-state index contributed by atoms with van der Waals surface area (Å²) in [5, 5.41) is 85.2. The van der Waals surface area contributed by atoms with Crippen molar-refractivity contribution in [1.29, 1.82) is 0 Å². The summed E-state index contributed by atoms with van der Waals surface area (Å²) in [6, 6.07) is 25.7. The van der Waals surface area contributed by atoms with Crippen molar-refractivity contribution < 1.29 is 158 Å². The summed E-state index contributed by atoms with van der Waals surface area (Å²) in [5.41, 5.74) is 1.17. The average Bonchev–Trinajstić information content (AvgIpc) is 1.57. The number of hydrogen-bond acceptors (Lipinski definition) is 36. The van der Waals surface area contributed by atoms with Gasteiger partial charge in [0.2, 0.25) is 0 Å². The van der Waals surface area contributed by atoms with Gasteiger partial charge in [0.05, 0.1) is 34.7 Å². The number of H-pyrrole nitrogens is 3. The minimum absolute atomic E-state index is 0.0748. The number of nitrogens with one attached hydrogen (secondary N) is 4. The number of halogens is 4. The van der Waals surface area contributed by atoms with E-state index in [1.54, 1.807) is 92.7 Å². The highest BCUT2D eigenvalue weighted by atomic mass is 32.1. The zero-order chi connectivity index (χ0) is 92.2. The first-order chi connectivity index (χ1) is 58.7. The van der Waals surface area contributed by atoms with Crippen LogP contribution in [0.2, 0.25) is 0 Å². The van der Waals surface area contributed by atoms with Crippen LogP contribution in [-0.4, -0.2) is 184 Å². The van der Waals surface area contributed by atoms with Crippen LogP contribution in [-0.2, 0) is 99.8 Å². The Kier molecular flexibility index (Phi) is 24.1. The highest BCUT2D eigenvalue weighted by Gasteiger charge is 2.62. The molecule has 4 unspecified atom stereocenters. The normalized spacial score (nSPS) is 36.1. The molecular weight excluding hydrogens is 1760 g/mol. The largest absolute Gasteiger partial charge is 0.530 e. The van der Waals surface area contributed by atoms with Crippen molar-refractivity contribution in [2.24, 2.45) is 0 Å². The van der Waals surface area contributed by atoms with Crippen LogP contribution in [0.1, 0.15) is 72.8 Å². The Morgan fingerprint density at radius 3 is 1.17 bits per heavy atom. The molecule has 20 atom stereocenters. The third-order valence-corrected chi connectivity index (χ3v) is 25.1. The van der Waals surface area contributed by atoms with Gasteiger partial charge in [0, 0.05) is 69.3 Å². The maximum atomic E-state index is 15.9. The van der Waals surface area contributed by atoms with Gasteiger partial charge < -0.3 is 88.1 Å². The fraction of sp³-hybridized carbons (Fsp3) is 0.406. The Bertz CT molecular complexity index is 6100. The van der Waals surface area contributed by atoms with Gasteiger partial charge in [-0.3, -0.25) is 64.8 Å². The lowest BCUT2D eigenvalue weighted by molar-refractivity contribution is -0.207. The summed E-state index contributed by atoms with van der Waals surface area (Å²) in [6.07, 6.45) is -22.4. The van der Waals surface area contributed by atoms with Gasteiger partial charge in [-0.1, -0.05) is 128 Å². The Hall–Kier alpha value is -7.61. The van der Waals surface area contributed by atoms with E-state index in [-0.39, 0.29) is 74.2 Å². The number of thiocarbonyl (C=S) groups is 1. The lowest BCUT2D eigenvalue weighted by Crippen LogP contribution is -2.47. The van der Waals surface area contributed by atoms with E-state index in [1.807, 2.05) is 0 Å². The molecule has 0 saturated carbocycles. The smallest absolute Gasteiger partial charge is 0.404 e. The van der Waals surface area contributed by atoms with Gasteiger partial charge in [0.1, 0.15) is 123 Å². The highest BCUT2D eigenvalue weighted by molar-refractivity contribution is 7.80. The van der Waals surface area contributed by atoms with E-state index < -0.39 is 172 Å². The van der Waals surface area contributed by atoms with E-state index >= 15 is 17.6 Å². The number of aliphatic hydroxyl groups is 8. The lowest BCUT2D eigenvalue weighted by atomic mass is 10.1. The number of nitrogens with zero attached hydrogens (tertiary/aromatic N) is 4. The Balaban J connectivity index is 0.000000144. The van der Waals surface area contributed by atoms with Crippen LogP contribution in [0.4, 0.5) is 17.6 Å². The molecule has 648 valence electrons. The lowest BCUT2D eigenvalue weighted by Gasteiger charge is -2.35. The van der Waals surface area contributed by atoms with Gasteiger partial charge >= 0.3 is 48.4 Å². The first-order valence-corrected chi connectivity index (χ1v) is 42.4. The maximum absolute atomic E-state index is 15.9. The number of aromatic nitrogens is 6. The SMILES string of the molecule is Cc1cn([C@@H]2O[C@](F)(COP3(=O)OCc4ccccc4O3)[C@@H](O)[C@H]2O)c(=O)[nH]c1=S.[2H]C([2H])(OP1(=O)OCc2ccccc2O1)[C@@]1(F)O[C@@H](n2cc(C)c(=S)[nH]c2=O)[C@H](O)[C@@H]1O.[2H]C([2H])(OP1(=O)OCc2ccccc2O1)[C@@]1(F)O[C@@]([2H])(N2C=C(C)C(=S)NC2=C)[C@H](O)[C@@H]1O.[2H][C@@]1(n2cc(C)c(=S)[nH]c2=O)O[C@](F)(COP2(=O)OCc3ccccc3O2)[C@@H](O)[C@H]1O. The van der Waals surface area contributed by atoms with Crippen LogP contribution >= 0.6 is 80.2 Å². The van der Waals surface area contributed by atoms with Crippen molar-refractivity contribution in [2.45, 2.75) is 151 Å². The molecule has 39 nitrogen and oxygen atoms in total. The monoisotopic (exact) mass is 1840 g/mol. The first kappa shape index (κ1) is 82.0. The number of rotatable bonds is 16. The molecule has 4 saturated heterocycles. The highest BCUT2D eigenvalue weighted by Crippen LogP contribution is 2.60. The molecule has 120 heavy (non-hydrogen) atoms. The van der Waals surface area contributed by atoms with E-state index in [9.17, 15) is 73.5 Å². The third-order valence-electron chi connectivity index (χ3n) is 18.5. The molecule has 0 amide bonds. The molecular formula is C69H74F4N8O31P4S4. The fourth-order valence-electron chi connectivity index (χ4n) is 11.9. The second-order valence-corrected chi connectivity index (χ2v) is 34.9. The molecule has 12 N–H and O–H groups in total. The fourth-order valence-corrected chi connectivity index (χ4v) is 17.1. The predicted octanol–water partition coefficient (Wildman–Crippen LogP) is 7.67. The summed E-state index contributed by atoms with van der Waals surface area (Å²) in [4.78, 5) is 44.6. The molecule has 3 aromatic heterocycles. The molecule has 7 aromatic rings. The van der Waals surface area contributed by atoms with Crippen molar-refractivity contribution in [3.8, 4) is 23.0 Å². The number of fused-ring (bicyclic) bond motifs is 4. The van der Waals surface area contributed by atoms with Crippen molar-refractivity contribution in [1.82, 2.24) is 38.9 Å². The molecule has 0 spiro atoms. The van der Waals surface area contributed by atoms with E-state index in [4.69, 9.17) is 130 Å². The molecule has 4 aromatic carbocycles. The standard InChI is InChI=1S/C18H20FN2O7PS.3C17H18FN2O8PS/c1-10-7-21(11(2)20-16(10)30)17-14(22)15(23)18(19,27-17)9-26-29(24)25-8-12-5-3-4-6-13(12)28-29;3*1-9-6-20(16(23)19-14(9)30)15-12(21)13(22)17(18,27-15)8-26-29(24)25-7-10-4-2-3-5-11(10)28-29/h3-7,14-15,17,22-23H,2,8-9H2,1H3,(H,20,30);3*2-6,12-13,15,21-22H,7-8H2,1H3,(H,19,23,30)/t14-,15+,17-,18-,29?;3*12-,13+,15-,17-,29?/m1111/s1/i9D2,17D;15D;8D2;. The number of alkyl halides is 4. The summed E-state index contributed by atoms with van der Waals surface area (Å²) < 4.78 is 245. The topological polar surface area (TPSA) is 506 Å². The van der Waals surface area contributed by atoms with E-state index in [0.717, 1.165) is 21.9 Å². The number of hydrogen-bond donors (Lipinski definition) is 12. The second kappa shape index (κ2) is 35.2. The minimum atomic E-state index is -4.73. The van der Waals surface area contributed by atoms with Crippen LogP contribution in [0.3, 0.4) is 0 Å². The van der Waals surface area contributed by atoms with Crippen LogP contribution < -0.4 is 40.5 Å². The number of aliphatic hydroxyl groups excluding tert-OH is 8. The van der Waals surface area contributed by atoms with Gasteiger partial charge in [0.15, 0.2) is 24.9 Å². The van der Waals surface area contributed by atoms with Crippen LogP contribution in [0.25, 0.3) is 0 Å².